The molecule has 0 amide bonds. The predicted octanol–water partition coefficient (Wildman–Crippen LogP) is 4.22. The molecule has 0 aromatic rings. The molecule has 0 bridgehead atoms. The van der Waals surface area contributed by atoms with E-state index in [0.29, 0.717) is 0 Å². The molecule has 1 heterocycles. The summed E-state index contributed by atoms with van der Waals surface area (Å²) in [6, 6.07) is 0. The molecule has 0 aromatic carbocycles. The maximum atomic E-state index is 6.46. The number of ether oxygens (including phenoxy) is 1. The van der Waals surface area contributed by atoms with E-state index < -0.39 is 0 Å². The van der Waals surface area contributed by atoms with Gasteiger partial charge in [0.2, 0.25) is 0 Å². The molecule has 1 spiro atoms. The Labute approximate surface area is 93.9 Å². The Hall–Kier alpha value is -0.300. The largest absolute Gasteiger partial charge is 0.365 e. The standard InChI is InChI=1S/C14H24O/c1-3-8-13(2)9-7-12-14(15-13)10-5-4-6-11-14/h3,8H,4-7,9-12H2,1-2H3/b8-3+. The van der Waals surface area contributed by atoms with Crippen molar-refractivity contribution < 1.29 is 4.74 Å². The molecular formula is C14H24O. The van der Waals surface area contributed by atoms with Gasteiger partial charge in [-0.3, -0.25) is 0 Å². The summed E-state index contributed by atoms with van der Waals surface area (Å²) in [5, 5.41) is 0. The van der Waals surface area contributed by atoms with Crippen LogP contribution >= 0.6 is 0 Å². The first-order valence-electron chi connectivity index (χ1n) is 6.52. The van der Waals surface area contributed by atoms with Crippen molar-refractivity contribution in [1.29, 1.82) is 0 Å². The summed E-state index contributed by atoms with van der Waals surface area (Å²) in [5.74, 6) is 0. The van der Waals surface area contributed by atoms with Gasteiger partial charge in [0.05, 0.1) is 11.2 Å². The first-order chi connectivity index (χ1) is 7.18. The van der Waals surface area contributed by atoms with Crippen LogP contribution in [0.15, 0.2) is 12.2 Å². The minimum absolute atomic E-state index is 0.0182. The fourth-order valence-electron chi connectivity index (χ4n) is 3.38. The smallest absolute Gasteiger partial charge is 0.0841 e. The van der Waals surface area contributed by atoms with E-state index in [4.69, 9.17) is 4.74 Å². The Morgan fingerprint density at radius 2 is 1.60 bits per heavy atom. The summed E-state index contributed by atoms with van der Waals surface area (Å²) < 4.78 is 6.46. The number of rotatable bonds is 1. The van der Waals surface area contributed by atoms with Crippen LogP contribution in [0.4, 0.5) is 0 Å². The summed E-state index contributed by atoms with van der Waals surface area (Å²) in [6.45, 7) is 4.35. The van der Waals surface area contributed by atoms with Crippen molar-refractivity contribution in [1.82, 2.24) is 0 Å². The van der Waals surface area contributed by atoms with Crippen molar-refractivity contribution in [3.63, 3.8) is 0 Å². The van der Waals surface area contributed by atoms with E-state index in [1.165, 1.54) is 51.4 Å². The molecule has 1 heteroatoms. The maximum absolute atomic E-state index is 6.46. The van der Waals surface area contributed by atoms with Crippen molar-refractivity contribution >= 4 is 0 Å². The highest BCUT2D eigenvalue weighted by Crippen LogP contribution is 2.44. The lowest BCUT2D eigenvalue weighted by Gasteiger charge is -2.48. The van der Waals surface area contributed by atoms with E-state index in [-0.39, 0.29) is 11.2 Å². The van der Waals surface area contributed by atoms with E-state index in [9.17, 15) is 0 Å². The zero-order valence-electron chi connectivity index (χ0n) is 10.2. The maximum Gasteiger partial charge on any atom is 0.0841 e. The van der Waals surface area contributed by atoms with Crippen LogP contribution in [0.3, 0.4) is 0 Å². The zero-order valence-corrected chi connectivity index (χ0v) is 10.2. The third kappa shape index (κ3) is 2.44. The van der Waals surface area contributed by atoms with Crippen molar-refractivity contribution in [2.24, 2.45) is 0 Å². The normalized spacial score (nSPS) is 36.1. The van der Waals surface area contributed by atoms with Crippen molar-refractivity contribution in [3.8, 4) is 0 Å². The third-order valence-electron chi connectivity index (χ3n) is 4.04. The fourth-order valence-corrected chi connectivity index (χ4v) is 3.38. The Morgan fingerprint density at radius 1 is 0.933 bits per heavy atom. The minimum atomic E-state index is 0.0182. The molecule has 1 saturated carbocycles. The lowest BCUT2D eigenvalue weighted by molar-refractivity contribution is -0.174. The van der Waals surface area contributed by atoms with Gasteiger partial charge in [-0.15, -0.1) is 0 Å². The van der Waals surface area contributed by atoms with Gasteiger partial charge in [-0.2, -0.15) is 0 Å². The van der Waals surface area contributed by atoms with E-state index in [2.05, 4.69) is 26.0 Å². The van der Waals surface area contributed by atoms with Crippen LogP contribution in [0.5, 0.6) is 0 Å². The summed E-state index contributed by atoms with van der Waals surface area (Å²) in [6.07, 6.45) is 14.9. The van der Waals surface area contributed by atoms with Crippen LogP contribution in [0.25, 0.3) is 0 Å². The van der Waals surface area contributed by atoms with Crippen molar-refractivity contribution in [2.45, 2.75) is 76.4 Å². The average molecular weight is 208 g/mol. The van der Waals surface area contributed by atoms with Gasteiger partial charge in [-0.05, 0) is 46.0 Å². The molecule has 2 aliphatic rings. The predicted molar refractivity (Wildman–Crippen MR) is 64.0 cm³/mol. The monoisotopic (exact) mass is 208 g/mol. The third-order valence-corrected chi connectivity index (χ3v) is 4.04. The number of allylic oxidation sites excluding steroid dienone is 1. The van der Waals surface area contributed by atoms with Crippen LogP contribution in [0.1, 0.15) is 65.2 Å². The minimum Gasteiger partial charge on any atom is -0.365 e. The van der Waals surface area contributed by atoms with E-state index in [0.717, 1.165) is 0 Å². The molecule has 1 atom stereocenters. The lowest BCUT2D eigenvalue weighted by Crippen LogP contribution is -2.47. The summed E-state index contributed by atoms with van der Waals surface area (Å²) >= 11 is 0. The Balaban J connectivity index is 2.08. The van der Waals surface area contributed by atoms with Crippen LogP contribution in [-0.4, -0.2) is 11.2 Å². The van der Waals surface area contributed by atoms with Crippen LogP contribution in [0.2, 0.25) is 0 Å². The number of hydrogen-bond acceptors (Lipinski definition) is 1. The van der Waals surface area contributed by atoms with Crippen molar-refractivity contribution in [3.05, 3.63) is 12.2 Å². The second-order valence-electron chi connectivity index (χ2n) is 5.51. The van der Waals surface area contributed by atoms with Gasteiger partial charge in [0.1, 0.15) is 0 Å². The first kappa shape index (κ1) is 11.2. The molecule has 86 valence electrons. The topological polar surface area (TPSA) is 9.23 Å². The second-order valence-corrected chi connectivity index (χ2v) is 5.51. The molecule has 15 heavy (non-hydrogen) atoms. The van der Waals surface area contributed by atoms with Gasteiger partial charge in [-0.1, -0.05) is 31.4 Å². The highest BCUT2D eigenvalue weighted by atomic mass is 16.5. The van der Waals surface area contributed by atoms with Gasteiger partial charge >= 0.3 is 0 Å². The van der Waals surface area contributed by atoms with Gasteiger partial charge in [0.15, 0.2) is 0 Å². The summed E-state index contributed by atoms with van der Waals surface area (Å²) in [5.41, 5.74) is 0.259. The molecule has 1 aliphatic carbocycles. The van der Waals surface area contributed by atoms with E-state index in [1.54, 1.807) is 0 Å². The molecule has 0 radical (unpaired) electrons. The fraction of sp³-hybridized carbons (Fsp3) is 0.857. The molecule has 2 rings (SSSR count). The Bertz CT molecular complexity index is 232. The summed E-state index contributed by atoms with van der Waals surface area (Å²) in [7, 11) is 0. The first-order valence-corrected chi connectivity index (χ1v) is 6.52. The lowest BCUT2D eigenvalue weighted by atomic mass is 9.76. The van der Waals surface area contributed by atoms with Crippen LogP contribution in [-0.2, 0) is 4.74 Å². The molecule has 1 saturated heterocycles. The number of hydrogen-bond donors (Lipinski definition) is 0. The average Bonchev–Trinajstić information content (AvgIpc) is 2.18. The van der Waals surface area contributed by atoms with Gasteiger partial charge in [0, 0.05) is 0 Å². The quantitative estimate of drug-likeness (QED) is 0.586. The molecule has 1 unspecified atom stereocenters. The van der Waals surface area contributed by atoms with E-state index in [1.807, 2.05) is 0 Å². The van der Waals surface area contributed by atoms with Crippen LogP contribution in [0, 0.1) is 0 Å². The second kappa shape index (κ2) is 4.29. The highest BCUT2D eigenvalue weighted by molar-refractivity contribution is 5.04. The SMILES string of the molecule is C/C=C/C1(C)CCCC2(CCCCC2)O1. The molecule has 1 aliphatic heterocycles. The molecule has 0 aromatic heterocycles. The zero-order chi connectivity index (χ0) is 10.8. The van der Waals surface area contributed by atoms with Gasteiger partial charge < -0.3 is 4.74 Å². The molecular weight excluding hydrogens is 184 g/mol. The Kier molecular flexibility index (Phi) is 3.20. The molecule has 2 fully saturated rings. The highest BCUT2D eigenvalue weighted by Gasteiger charge is 2.42. The Morgan fingerprint density at radius 3 is 2.27 bits per heavy atom. The van der Waals surface area contributed by atoms with E-state index >= 15 is 0 Å². The summed E-state index contributed by atoms with van der Waals surface area (Å²) in [4.78, 5) is 0. The van der Waals surface area contributed by atoms with Gasteiger partial charge in [0.25, 0.3) is 0 Å². The van der Waals surface area contributed by atoms with Gasteiger partial charge in [-0.25, -0.2) is 0 Å². The van der Waals surface area contributed by atoms with Crippen molar-refractivity contribution in [2.75, 3.05) is 0 Å². The molecule has 1 nitrogen and oxygen atoms in total. The molecule has 0 N–H and O–H groups in total. The van der Waals surface area contributed by atoms with Crippen LogP contribution < -0.4 is 0 Å².